The van der Waals surface area contributed by atoms with Gasteiger partial charge in [-0.1, -0.05) is 12.1 Å². The molecule has 23 heavy (non-hydrogen) atoms. The molecule has 5 nitrogen and oxygen atoms in total. The van der Waals surface area contributed by atoms with Crippen molar-refractivity contribution < 1.29 is 14.3 Å². The molecule has 2 fully saturated rings. The predicted octanol–water partition coefficient (Wildman–Crippen LogP) is 1.91. The molecule has 2 saturated heterocycles. The molecule has 0 bridgehead atoms. The number of methoxy groups -OCH3 is 1. The highest BCUT2D eigenvalue weighted by Gasteiger charge is 2.53. The third-order valence-electron chi connectivity index (χ3n) is 5.76. The highest BCUT2D eigenvalue weighted by Crippen LogP contribution is 2.43. The molecule has 2 amide bonds. The number of amides is 2. The van der Waals surface area contributed by atoms with Crippen LogP contribution in [0.4, 0.5) is 0 Å². The zero-order valence-corrected chi connectivity index (χ0v) is 13.7. The van der Waals surface area contributed by atoms with Gasteiger partial charge in [-0.05, 0) is 37.8 Å². The van der Waals surface area contributed by atoms with Crippen molar-refractivity contribution >= 4 is 11.8 Å². The molecule has 1 aromatic carbocycles. The van der Waals surface area contributed by atoms with Crippen molar-refractivity contribution in [3.05, 3.63) is 29.3 Å². The van der Waals surface area contributed by atoms with E-state index in [-0.39, 0.29) is 17.9 Å². The number of fused-ring (bicyclic) bond motifs is 4. The Labute approximate surface area is 136 Å². The lowest BCUT2D eigenvalue weighted by molar-refractivity contribution is -0.169. The van der Waals surface area contributed by atoms with Gasteiger partial charge in [-0.3, -0.25) is 9.59 Å². The molecule has 0 unspecified atom stereocenters. The van der Waals surface area contributed by atoms with Gasteiger partial charge in [-0.2, -0.15) is 0 Å². The van der Waals surface area contributed by atoms with Gasteiger partial charge < -0.3 is 14.5 Å². The fourth-order valence-electron chi connectivity index (χ4n) is 4.49. The van der Waals surface area contributed by atoms with E-state index in [1.165, 1.54) is 5.56 Å². The van der Waals surface area contributed by atoms with Crippen LogP contribution < -0.4 is 4.74 Å². The molecule has 0 spiro atoms. The summed E-state index contributed by atoms with van der Waals surface area (Å²) in [5.41, 5.74) is 1.66. The van der Waals surface area contributed by atoms with Crippen LogP contribution in [0.2, 0.25) is 0 Å². The molecule has 2 atom stereocenters. The van der Waals surface area contributed by atoms with Crippen molar-refractivity contribution in [2.45, 2.75) is 44.2 Å². The molecule has 0 saturated carbocycles. The number of carbonyl (C=O) groups is 2. The average molecular weight is 314 g/mol. The number of piperidine rings is 1. The second kappa shape index (κ2) is 4.98. The molecule has 122 valence electrons. The van der Waals surface area contributed by atoms with Crippen molar-refractivity contribution in [3.8, 4) is 5.75 Å². The maximum absolute atomic E-state index is 13.1. The molecule has 5 heteroatoms. The maximum Gasteiger partial charge on any atom is 0.248 e. The first-order valence-electron chi connectivity index (χ1n) is 8.33. The fraction of sp³-hybridized carbons (Fsp3) is 0.556. The Morgan fingerprint density at radius 3 is 2.87 bits per heavy atom. The van der Waals surface area contributed by atoms with E-state index < -0.39 is 5.54 Å². The second-order valence-electron chi connectivity index (χ2n) is 6.92. The van der Waals surface area contributed by atoms with Crippen LogP contribution >= 0.6 is 0 Å². The Hall–Kier alpha value is -2.04. The van der Waals surface area contributed by atoms with Crippen LogP contribution in [0.25, 0.3) is 0 Å². The Balaban J connectivity index is 1.78. The van der Waals surface area contributed by atoms with E-state index in [9.17, 15) is 9.59 Å². The van der Waals surface area contributed by atoms with Crippen molar-refractivity contribution in [2.75, 3.05) is 20.2 Å². The first-order valence-corrected chi connectivity index (χ1v) is 8.33. The summed E-state index contributed by atoms with van der Waals surface area (Å²) in [6, 6.07) is 5.96. The predicted molar refractivity (Wildman–Crippen MR) is 85.1 cm³/mol. The molecule has 0 aliphatic carbocycles. The molecule has 0 radical (unpaired) electrons. The Morgan fingerprint density at radius 2 is 2.09 bits per heavy atom. The van der Waals surface area contributed by atoms with E-state index in [0.717, 1.165) is 30.6 Å². The topological polar surface area (TPSA) is 49.9 Å². The molecule has 1 aromatic rings. The Morgan fingerprint density at radius 1 is 1.26 bits per heavy atom. The highest BCUT2D eigenvalue weighted by atomic mass is 16.5. The first-order chi connectivity index (χ1) is 11.1. The van der Waals surface area contributed by atoms with E-state index in [1.807, 2.05) is 28.9 Å². The molecule has 0 aromatic heterocycles. The molecule has 3 aliphatic heterocycles. The van der Waals surface area contributed by atoms with Gasteiger partial charge in [0.15, 0.2) is 0 Å². The van der Waals surface area contributed by atoms with Gasteiger partial charge in [-0.25, -0.2) is 0 Å². The summed E-state index contributed by atoms with van der Waals surface area (Å²) in [5, 5.41) is 0. The van der Waals surface area contributed by atoms with Crippen molar-refractivity contribution in [1.82, 2.24) is 9.80 Å². The summed E-state index contributed by atoms with van der Waals surface area (Å²) in [6.45, 7) is 3.24. The lowest BCUT2D eigenvalue weighted by Gasteiger charge is -2.55. The number of nitrogens with zero attached hydrogens (tertiary/aromatic N) is 2. The molecule has 3 aliphatic rings. The van der Waals surface area contributed by atoms with Crippen LogP contribution in [0, 0.1) is 0 Å². The number of piperazine rings is 1. The zero-order valence-electron chi connectivity index (χ0n) is 13.7. The van der Waals surface area contributed by atoms with E-state index in [4.69, 9.17) is 4.74 Å². The highest BCUT2D eigenvalue weighted by molar-refractivity contribution is 5.94. The average Bonchev–Trinajstić information content (AvgIpc) is 2.56. The van der Waals surface area contributed by atoms with Crippen LogP contribution in [0.3, 0.4) is 0 Å². The largest absolute Gasteiger partial charge is 0.496 e. The van der Waals surface area contributed by atoms with Crippen molar-refractivity contribution in [1.29, 1.82) is 0 Å². The smallest absolute Gasteiger partial charge is 0.248 e. The summed E-state index contributed by atoms with van der Waals surface area (Å²) in [6.07, 6.45) is 2.94. The van der Waals surface area contributed by atoms with Crippen LogP contribution in [0.1, 0.15) is 43.4 Å². The SMILES string of the molecule is COc1cccc2c1CCN1C(=O)[C@]3(C)CCCC(=O)N3C[C@H]21. The Bertz CT molecular complexity index is 687. The molecule has 4 rings (SSSR count). The number of ether oxygens (including phenoxy) is 1. The van der Waals surface area contributed by atoms with Gasteiger partial charge in [0.05, 0.1) is 13.2 Å². The molecule has 0 N–H and O–H groups in total. The minimum Gasteiger partial charge on any atom is -0.496 e. The number of hydrogen-bond donors (Lipinski definition) is 0. The maximum atomic E-state index is 13.1. The van der Waals surface area contributed by atoms with Crippen LogP contribution in [0.15, 0.2) is 18.2 Å². The quantitative estimate of drug-likeness (QED) is 0.795. The molecular formula is C18H22N2O3. The van der Waals surface area contributed by atoms with Crippen molar-refractivity contribution in [2.24, 2.45) is 0 Å². The Kier molecular flexibility index (Phi) is 3.15. The number of carbonyl (C=O) groups excluding carboxylic acids is 2. The summed E-state index contributed by atoms with van der Waals surface area (Å²) in [7, 11) is 1.68. The van der Waals surface area contributed by atoms with E-state index in [0.29, 0.717) is 19.5 Å². The first kappa shape index (κ1) is 14.5. The van der Waals surface area contributed by atoms with Gasteiger partial charge in [0.2, 0.25) is 11.8 Å². The van der Waals surface area contributed by atoms with Gasteiger partial charge in [-0.15, -0.1) is 0 Å². The van der Waals surface area contributed by atoms with Crippen LogP contribution in [0.5, 0.6) is 5.75 Å². The van der Waals surface area contributed by atoms with Gasteiger partial charge in [0.1, 0.15) is 11.3 Å². The number of rotatable bonds is 1. The minimum absolute atomic E-state index is 0.0449. The normalized spacial score (nSPS) is 29.7. The third kappa shape index (κ3) is 1.92. The minimum atomic E-state index is -0.651. The fourth-order valence-corrected chi connectivity index (χ4v) is 4.49. The van der Waals surface area contributed by atoms with E-state index >= 15 is 0 Å². The molecular weight excluding hydrogens is 292 g/mol. The number of benzene rings is 1. The monoisotopic (exact) mass is 314 g/mol. The van der Waals surface area contributed by atoms with Crippen molar-refractivity contribution in [3.63, 3.8) is 0 Å². The summed E-state index contributed by atoms with van der Waals surface area (Å²) in [4.78, 5) is 29.4. The van der Waals surface area contributed by atoms with E-state index in [2.05, 4.69) is 6.07 Å². The summed E-state index contributed by atoms with van der Waals surface area (Å²) in [5.74, 6) is 1.10. The van der Waals surface area contributed by atoms with Gasteiger partial charge >= 0.3 is 0 Å². The second-order valence-corrected chi connectivity index (χ2v) is 6.92. The van der Waals surface area contributed by atoms with Crippen LogP contribution in [-0.4, -0.2) is 47.4 Å². The van der Waals surface area contributed by atoms with Crippen LogP contribution in [-0.2, 0) is 16.0 Å². The lowest BCUT2D eigenvalue weighted by atomic mass is 9.80. The third-order valence-corrected chi connectivity index (χ3v) is 5.76. The zero-order chi connectivity index (χ0) is 16.2. The lowest BCUT2D eigenvalue weighted by Crippen LogP contribution is -2.68. The summed E-state index contributed by atoms with van der Waals surface area (Å²) >= 11 is 0. The number of hydrogen-bond acceptors (Lipinski definition) is 3. The van der Waals surface area contributed by atoms with Gasteiger partial charge in [0, 0.05) is 25.1 Å². The standard InChI is InChI=1S/C18H22N2O3/c1-18-9-4-7-16(21)20(18)11-14-12-5-3-6-15(23-2)13(12)8-10-19(14)17(18)22/h3,5-6,14H,4,7-11H2,1-2H3/t14-,18+/m1/s1. The van der Waals surface area contributed by atoms with E-state index in [1.54, 1.807) is 7.11 Å². The molecule has 3 heterocycles. The summed E-state index contributed by atoms with van der Waals surface area (Å²) < 4.78 is 5.48. The van der Waals surface area contributed by atoms with Gasteiger partial charge in [0.25, 0.3) is 0 Å².